The van der Waals surface area contributed by atoms with Crippen molar-refractivity contribution in [2.24, 2.45) is 0 Å². The Hall–Kier alpha value is -1.34. The monoisotopic (exact) mass is 289 g/mol. The molecular formula is C16H20ClN3. The molecule has 1 fully saturated rings. The molecule has 2 rings (SSSR count). The van der Waals surface area contributed by atoms with E-state index in [0.717, 1.165) is 44.8 Å². The summed E-state index contributed by atoms with van der Waals surface area (Å²) in [5.41, 5.74) is 3.60. The van der Waals surface area contributed by atoms with Gasteiger partial charge in [0.15, 0.2) is 0 Å². The minimum Gasteiger partial charge on any atom is -0.298 e. The largest absolute Gasteiger partial charge is 0.298 e. The minimum atomic E-state index is 0.726. The van der Waals surface area contributed by atoms with Gasteiger partial charge in [-0.2, -0.15) is 5.26 Å². The Morgan fingerprint density at radius 3 is 2.50 bits per heavy atom. The smallest absolute Gasteiger partial charge is 0.0991 e. The van der Waals surface area contributed by atoms with Crippen LogP contribution >= 0.6 is 11.6 Å². The number of rotatable bonds is 4. The van der Waals surface area contributed by atoms with Crippen LogP contribution in [-0.4, -0.2) is 42.5 Å². The van der Waals surface area contributed by atoms with E-state index in [0.29, 0.717) is 0 Å². The summed E-state index contributed by atoms with van der Waals surface area (Å²) in [4.78, 5) is 4.91. The van der Waals surface area contributed by atoms with Gasteiger partial charge < -0.3 is 0 Å². The molecule has 3 nitrogen and oxygen atoms in total. The van der Waals surface area contributed by atoms with Crippen molar-refractivity contribution in [3.63, 3.8) is 0 Å². The molecule has 0 amide bonds. The molecule has 1 aliphatic rings. The summed E-state index contributed by atoms with van der Waals surface area (Å²) < 4.78 is 0. The molecular weight excluding hydrogens is 270 g/mol. The van der Waals surface area contributed by atoms with Gasteiger partial charge in [-0.3, -0.25) is 9.80 Å². The molecule has 0 atom stereocenters. The third kappa shape index (κ3) is 4.64. The molecule has 0 saturated carbocycles. The van der Waals surface area contributed by atoms with Crippen LogP contribution in [-0.2, 0) is 6.54 Å². The molecule has 20 heavy (non-hydrogen) atoms. The molecule has 0 N–H and O–H groups in total. The molecule has 1 heterocycles. The van der Waals surface area contributed by atoms with Crippen LogP contribution in [0.2, 0.25) is 0 Å². The first-order valence-corrected chi connectivity index (χ1v) is 7.44. The Balaban J connectivity index is 1.85. The average molecular weight is 290 g/mol. The van der Waals surface area contributed by atoms with Crippen LogP contribution in [0, 0.1) is 11.3 Å². The van der Waals surface area contributed by atoms with Gasteiger partial charge in [0, 0.05) is 31.7 Å². The Morgan fingerprint density at radius 1 is 1.10 bits per heavy atom. The zero-order valence-electron chi connectivity index (χ0n) is 11.6. The van der Waals surface area contributed by atoms with E-state index in [2.05, 4.69) is 28.0 Å². The standard InChI is InChI=1S/C16H20ClN3/c17-7-1-8-19-9-2-10-20(12-11-19)14-16-5-3-15(13-18)4-6-16/h1,3-7H,2,8-12,14H2/b7-1+. The highest BCUT2D eigenvalue weighted by Gasteiger charge is 2.13. The first-order valence-electron chi connectivity index (χ1n) is 7.01. The van der Waals surface area contributed by atoms with Gasteiger partial charge in [-0.05, 0) is 37.2 Å². The lowest BCUT2D eigenvalue weighted by atomic mass is 10.1. The lowest BCUT2D eigenvalue weighted by Crippen LogP contribution is -2.30. The third-order valence-corrected chi connectivity index (χ3v) is 3.80. The number of hydrogen-bond donors (Lipinski definition) is 0. The van der Waals surface area contributed by atoms with Crippen LogP contribution in [0.1, 0.15) is 17.5 Å². The van der Waals surface area contributed by atoms with E-state index in [-0.39, 0.29) is 0 Å². The van der Waals surface area contributed by atoms with Crippen molar-refractivity contribution in [1.82, 2.24) is 9.80 Å². The lowest BCUT2D eigenvalue weighted by molar-refractivity contribution is 0.262. The van der Waals surface area contributed by atoms with Gasteiger partial charge in [0.1, 0.15) is 0 Å². The van der Waals surface area contributed by atoms with Crippen molar-refractivity contribution in [2.45, 2.75) is 13.0 Å². The Bertz CT molecular complexity index is 475. The van der Waals surface area contributed by atoms with Gasteiger partial charge in [0.05, 0.1) is 11.6 Å². The number of halogens is 1. The molecule has 1 aliphatic heterocycles. The van der Waals surface area contributed by atoms with E-state index < -0.39 is 0 Å². The van der Waals surface area contributed by atoms with Crippen molar-refractivity contribution in [3.8, 4) is 6.07 Å². The van der Waals surface area contributed by atoms with Gasteiger partial charge in [0.25, 0.3) is 0 Å². The van der Waals surface area contributed by atoms with E-state index in [1.165, 1.54) is 12.0 Å². The van der Waals surface area contributed by atoms with Crippen LogP contribution in [0.25, 0.3) is 0 Å². The lowest BCUT2D eigenvalue weighted by Gasteiger charge is -2.21. The van der Waals surface area contributed by atoms with Crippen LogP contribution < -0.4 is 0 Å². The molecule has 1 aromatic carbocycles. The quantitative estimate of drug-likeness (QED) is 0.854. The maximum atomic E-state index is 8.81. The van der Waals surface area contributed by atoms with Crippen LogP contribution in [0.3, 0.4) is 0 Å². The molecule has 4 heteroatoms. The van der Waals surface area contributed by atoms with E-state index in [1.54, 1.807) is 5.54 Å². The highest BCUT2D eigenvalue weighted by Crippen LogP contribution is 2.10. The normalized spacial score (nSPS) is 18.0. The SMILES string of the molecule is N#Cc1ccc(CN2CCCN(C/C=C/Cl)CC2)cc1. The first-order chi connectivity index (χ1) is 9.81. The summed E-state index contributed by atoms with van der Waals surface area (Å²) in [6.07, 6.45) is 3.18. The van der Waals surface area contributed by atoms with E-state index >= 15 is 0 Å². The van der Waals surface area contributed by atoms with Gasteiger partial charge in [-0.15, -0.1) is 0 Å². The van der Waals surface area contributed by atoms with Crippen LogP contribution in [0.15, 0.2) is 35.9 Å². The molecule has 0 radical (unpaired) electrons. The molecule has 0 aromatic heterocycles. The first kappa shape index (κ1) is 15.1. The molecule has 0 spiro atoms. The topological polar surface area (TPSA) is 30.3 Å². The number of nitriles is 1. The fourth-order valence-electron chi connectivity index (χ4n) is 2.50. The molecule has 1 aromatic rings. The van der Waals surface area contributed by atoms with Gasteiger partial charge >= 0.3 is 0 Å². The van der Waals surface area contributed by atoms with Crippen molar-refractivity contribution >= 4 is 11.6 Å². The van der Waals surface area contributed by atoms with E-state index in [1.807, 2.05) is 18.2 Å². The zero-order chi connectivity index (χ0) is 14.2. The van der Waals surface area contributed by atoms with E-state index in [9.17, 15) is 0 Å². The van der Waals surface area contributed by atoms with Crippen molar-refractivity contribution in [2.75, 3.05) is 32.7 Å². The summed E-state index contributed by atoms with van der Waals surface area (Å²) in [6.45, 7) is 6.32. The number of benzene rings is 1. The highest BCUT2D eigenvalue weighted by atomic mass is 35.5. The second-order valence-electron chi connectivity index (χ2n) is 5.10. The summed E-state index contributed by atoms with van der Waals surface area (Å²) in [5, 5.41) is 8.81. The maximum absolute atomic E-state index is 8.81. The van der Waals surface area contributed by atoms with Crippen molar-refractivity contribution in [1.29, 1.82) is 5.26 Å². The molecule has 0 unspecified atom stereocenters. The predicted octanol–water partition coefficient (Wildman–Crippen LogP) is 2.82. The van der Waals surface area contributed by atoms with E-state index in [4.69, 9.17) is 16.9 Å². The van der Waals surface area contributed by atoms with Gasteiger partial charge in [-0.1, -0.05) is 29.8 Å². The van der Waals surface area contributed by atoms with Crippen LogP contribution in [0.4, 0.5) is 0 Å². The molecule has 1 saturated heterocycles. The van der Waals surface area contributed by atoms with Crippen LogP contribution in [0.5, 0.6) is 0 Å². The van der Waals surface area contributed by atoms with Gasteiger partial charge in [-0.25, -0.2) is 0 Å². The number of nitrogens with zero attached hydrogens (tertiary/aromatic N) is 3. The Morgan fingerprint density at radius 2 is 1.80 bits per heavy atom. The molecule has 106 valence electrons. The fraction of sp³-hybridized carbons (Fsp3) is 0.438. The second kappa shape index (κ2) is 8.06. The Labute approximate surface area is 126 Å². The number of hydrogen-bond acceptors (Lipinski definition) is 3. The minimum absolute atomic E-state index is 0.726. The predicted molar refractivity (Wildman–Crippen MR) is 82.5 cm³/mol. The third-order valence-electron chi connectivity index (χ3n) is 3.62. The fourth-order valence-corrected chi connectivity index (χ4v) is 2.58. The maximum Gasteiger partial charge on any atom is 0.0991 e. The summed E-state index contributed by atoms with van der Waals surface area (Å²) in [7, 11) is 0. The summed E-state index contributed by atoms with van der Waals surface area (Å²) in [6, 6.07) is 10.0. The molecule has 0 aliphatic carbocycles. The summed E-state index contributed by atoms with van der Waals surface area (Å²) in [5.74, 6) is 0. The second-order valence-corrected chi connectivity index (χ2v) is 5.35. The summed E-state index contributed by atoms with van der Waals surface area (Å²) >= 11 is 5.58. The van der Waals surface area contributed by atoms with Crippen molar-refractivity contribution < 1.29 is 0 Å². The van der Waals surface area contributed by atoms with Gasteiger partial charge in [0.2, 0.25) is 0 Å². The zero-order valence-corrected chi connectivity index (χ0v) is 12.4. The highest BCUT2D eigenvalue weighted by molar-refractivity contribution is 6.25. The molecule has 0 bridgehead atoms. The Kier molecular flexibility index (Phi) is 6.07. The van der Waals surface area contributed by atoms with Crippen molar-refractivity contribution in [3.05, 3.63) is 47.0 Å². The average Bonchev–Trinajstić information content (AvgIpc) is 2.71.